The van der Waals surface area contributed by atoms with Crippen LogP contribution in [0.4, 0.5) is 0 Å². The Labute approximate surface area is 76.3 Å². The second-order valence-electron chi connectivity index (χ2n) is 4.98. The summed E-state index contributed by atoms with van der Waals surface area (Å²) in [7, 11) is 0. The quantitative estimate of drug-likeness (QED) is 0.487. The molecule has 2 heterocycles. The summed E-state index contributed by atoms with van der Waals surface area (Å²) < 4.78 is 1.49. The molecule has 1 heteroatoms. The van der Waals surface area contributed by atoms with Crippen molar-refractivity contribution in [2.45, 2.75) is 39.0 Å². The average Bonchev–Trinajstić information content (AvgIpc) is 2.13. The Balaban J connectivity index is 1.92. The summed E-state index contributed by atoms with van der Waals surface area (Å²) in [5.41, 5.74) is 0. The molecule has 2 rings (SSSR count). The van der Waals surface area contributed by atoms with Gasteiger partial charge in [-0.25, -0.2) is 0 Å². The molecule has 1 spiro atoms. The van der Waals surface area contributed by atoms with Crippen molar-refractivity contribution in [1.82, 2.24) is 0 Å². The Bertz CT molecular complexity index is 137. The van der Waals surface area contributed by atoms with Crippen molar-refractivity contribution in [1.29, 1.82) is 0 Å². The summed E-state index contributed by atoms with van der Waals surface area (Å²) >= 11 is 0. The molecule has 0 unspecified atom stereocenters. The van der Waals surface area contributed by atoms with E-state index in [0.29, 0.717) is 0 Å². The highest BCUT2D eigenvalue weighted by atomic mass is 15.4. The molecule has 12 heavy (non-hydrogen) atoms. The van der Waals surface area contributed by atoms with E-state index in [2.05, 4.69) is 6.92 Å². The van der Waals surface area contributed by atoms with Crippen molar-refractivity contribution in [3.05, 3.63) is 0 Å². The Morgan fingerprint density at radius 2 is 1.42 bits per heavy atom. The predicted molar refractivity (Wildman–Crippen MR) is 52.0 cm³/mol. The highest BCUT2D eigenvalue weighted by Gasteiger charge is 2.33. The lowest BCUT2D eigenvalue weighted by molar-refractivity contribution is -0.937. The smallest absolute Gasteiger partial charge is 0.0789 e. The van der Waals surface area contributed by atoms with Crippen LogP contribution in [-0.4, -0.2) is 30.7 Å². The van der Waals surface area contributed by atoms with Gasteiger partial charge in [0, 0.05) is 0 Å². The molecule has 2 aliphatic rings. The number of hydrogen-bond acceptors (Lipinski definition) is 0. The molecule has 0 aromatic heterocycles. The molecule has 0 N–H and O–H groups in total. The molecule has 2 saturated heterocycles. The van der Waals surface area contributed by atoms with E-state index in [9.17, 15) is 0 Å². The maximum Gasteiger partial charge on any atom is 0.0789 e. The van der Waals surface area contributed by atoms with Crippen LogP contribution in [0.25, 0.3) is 0 Å². The van der Waals surface area contributed by atoms with Crippen molar-refractivity contribution < 1.29 is 4.48 Å². The van der Waals surface area contributed by atoms with Gasteiger partial charge in [0.1, 0.15) is 0 Å². The van der Waals surface area contributed by atoms with Crippen molar-refractivity contribution in [2.75, 3.05) is 26.2 Å². The molecule has 0 radical (unpaired) electrons. The third-order valence-electron chi connectivity index (χ3n) is 3.96. The highest BCUT2D eigenvalue weighted by molar-refractivity contribution is 4.63. The number of quaternary nitrogens is 1. The van der Waals surface area contributed by atoms with Gasteiger partial charge in [-0.1, -0.05) is 6.92 Å². The summed E-state index contributed by atoms with van der Waals surface area (Å²) in [5, 5.41) is 0. The molecule has 1 nitrogen and oxygen atoms in total. The summed E-state index contributed by atoms with van der Waals surface area (Å²) in [4.78, 5) is 0. The minimum atomic E-state index is 1.01. The SMILES string of the molecule is CC1CC[N+]2(CCCCC2)CC1. The van der Waals surface area contributed by atoms with Crippen molar-refractivity contribution in [3.63, 3.8) is 0 Å². The van der Waals surface area contributed by atoms with Gasteiger partial charge >= 0.3 is 0 Å². The van der Waals surface area contributed by atoms with Gasteiger partial charge in [-0.2, -0.15) is 0 Å². The van der Waals surface area contributed by atoms with Crippen LogP contribution in [0.3, 0.4) is 0 Å². The third kappa shape index (κ3) is 1.66. The van der Waals surface area contributed by atoms with E-state index >= 15 is 0 Å². The number of hydrogen-bond donors (Lipinski definition) is 0. The largest absolute Gasteiger partial charge is 0.324 e. The first-order valence-corrected chi connectivity index (χ1v) is 5.66. The zero-order valence-corrected chi connectivity index (χ0v) is 8.39. The Morgan fingerprint density at radius 3 is 2.00 bits per heavy atom. The first-order valence-electron chi connectivity index (χ1n) is 5.66. The van der Waals surface area contributed by atoms with Crippen LogP contribution in [0.15, 0.2) is 0 Å². The zero-order chi connectivity index (χ0) is 8.44. The molecular weight excluding hydrogens is 146 g/mol. The van der Waals surface area contributed by atoms with Crippen LogP contribution in [0.2, 0.25) is 0 Å². The third-order valence-corrected chi connectivity index (χ3v) is 3.96. The van der Waals surface area contributed by atoms with Crippen molar-refractivity contribution in [3.8, 4) is 0 Å². The molecule has 2 aliphatic heterocycles. The van der Waals surface area contributed by atoms with E-state index in [-0.39, 0.29) is 0 Å². The van der Waals surface area contributed by atoms with Gasteiger partial charge in [0.05, 0.1) is 26.2 Å². The minimum Gasteiger partial charge on any atom is -0.324 e. The second-order valence-corrected chi connectivity index (χ2v) is 4.98. The second kappa shape index (κ2) is 3.37. The molecule has 70 valence electrons. The lowest BCUT2D eigenvalue weighted by atomic mass is 9.94. The maximum atomic E-state index is 2.42. The van der Waals surface area contributed by atoms with Gasteiger partial charge in [0.25, 0.3) is 0 Å². The molecule has 0 aromatic carbocycles. The zero-order valence-electron chi connectivity index (χ0n) is 8.39. The van der Waals surface area contributed by atoms with Crippen LogP contribution in [0.1, 0.15) is 39.0 Å². The molecule has 0 amide bonds. The van der Waals surface area contributed by atoms with Crippen LogP contribution in [-0.2, 0) is 0 Å². The van der Waals surface area contributed by atoms with Gasteiger partial charge in [0.2, 0.25) is 0 Å². The molecule has 2 fully saturated rings. The molecule has 0 saturated carbocycles. The first-order chi connectivity index (χ1) is 5.81. The summed E-state index contributed by atoms with van der Waals surface area (Å²) in [6.45, 7) is 8.38. The fourth-order valence-corrected chi connectivity index (χ4v) is 2.87. The standard InChI is InChI=1S/C11H22N/c1-11-5-9-12(10-6-11)7-3-2-4-8-12/h11H,2-10H2,1H3/q+1. The normalized spacial score (nSPS) is 30.8. The van der Waals surface area contributed by atoms with Crippen LogP contribution >= 0.6 is 0 Å². The molecule has 0 aromatic rings. The fourth-order valence-electron chi connectivity index (χ4n) is 2.87. The van der Waals surface area contributed by atoms with Crippen LogP contribution < -0.4 is 0 Å². The molecule has 0 atom stereocenters. The number of rotatable bonds is 0. The van der Waals surface area contributed by atoms with Crippen LogP contribution in [0.5, 0.6) is 0 Å². The van der Waals surface area contributed by atoms with E-state index in [1.807, 2.05) is 0 Å². The first kappa shape index (κ1) is 8.55. The summed E-state index contributed by atoms with van der Waals surface area (Å²) in [6, 6.07) is 0. The topological polar surface area (TPSA) is 0 Å². The lowest BCUT2D eigenvalue weighted by Crippen LogP contribution is -2.55. The van der Waals surface area contributed by atoms with Crippen LogP contribution in [0, 0.1) is 5.92 Å². The predicted octanol–water partition coefficient (Wildman–Crippen LogP) is 2.42. The Morgan fingerprint density at radius 1 is 0.833 bits per heavy atom. The van der Waals surface area contributed by atoms with Gasteiger partial charge in [-0.15, -0.1) is 0 Å². The van der Waals surface area contributed by atoms with E-state index in [4.69, 9.17) is 0 Å². The fraction of sp³-hybridized carbons (Fsp3) is 1.00. The molecule has 0 bridgehead atoms. The van der Waals surface area contributed by atoms with E-state index in [1.54, 1.807) is 0 Å². The minimum absolute atomic E-state index is 1.01. The van der Waals surface area contributed by atoms with Gasteiger partial charge < -0.3 is 4.48 Å². The monoisotopic (exact) mass is 168 g/mol. The summed E-state index contributed by atoms with van der Waals surface area (Å²) in [5.74, 6) is 1.01. The van der Waals surface area contributed by atoms with Crippen molar-refractivity contribution >= 4 is 0 Å². The number of nitrogens with zero attached hydrogens (tertiary/aromatic N) is 1. The average molecular weight is 168 g/mol. The highest BCUT2D eigenvalue weighted by Crippen LogP contribution is 2.27. The molecular formula is C11H22N+. The van der Waals surface area contributed by atoms with Gasteiger partial charge in [-0.05, 0) is 38.0 Å². The molecule has 0 aliphatic carbocycles. The van der Waals surface area contributed by atoms with Gasteiger partial charge in [-0.3, -0.25) is 0 Å². The van der Waals surface area contributed by atoms with E-state index in [0.717, 1.165) is 5.92 Å². The van der Waals surface area contributed by atoms with Crippen molar-refractivity contribution in [2.24, 2.45) is 5.92 Å². The number of piperidine rings is 2. The Hall–Kier alpha value is -0.0400. The van der Waals surface area contributed by atoms with Gasteiger partial charge in [0.15, 0.2) is 0 Å². The summed E-state index contributed by atoms with van der Waals surface area (Å²) in [6.07, 6.45) is 7.46. The van der Waals surface area contributed by atoms with E-state index < -0.39 is 0 Å². The Kier molecular flexibility index (Phi) is 2.40. The lowest BCUT2D eigenvalue weighted by Gasteiger charge is -2.45. The van der Waals surface area contributed by atoms with E-state index in [1.165, 1.54) is 62.8 Å². The maximum absolute atomic E-state index is 2.42.